The molecular weight excluding hydrogens is 392 g/mol. The molecular formula is C22H17ClN2O4. The number of para-hydroxylation sites is 2. The van der Waals surface area contributed by atoms with Crippen molar-refractivity contribution in [2.45, 2.75) is 6.54 Å². The molecule has 2 aromatic carbocycles. The van der Waals surface area contributed by atoms with Gasteiger partial charge < -0.3 is 14.5 Å². The Morgan fingerprint density at radius 2 is 1.86 bits per heavy atom. The Labute approximate surface area is 172 Å². The molecule has 1 aliphatic rings. The summed E-state index contributed by atoms with van der Waals surface area (Å²) in [5.41, 5.74) is 1.18. The highest BCUT2D eigenvalue weighted by atomic mass is 35.5. The van der Waals surface area contributed by atoms with Crippen LogP contribution in [0, 0.1) is 0 Å². The van der Waals surface area contributed by atoms with Gasteiger partial charge in [-0.25, -0.2) is 0 Å². The number of furan rings is 1. The lowest BCUT2D eigenvalue weighted by molar-refractivity contribution is -0.123. The molecule has 0 atom stereocenters. The van der Waals surface area contributed by atoms with E-state index in [0.29, 0.717) is 27.8 Å². The van der Waals surface area contributed by atoms with Gasteiger partial charge >= 0.3 is 0 Å². The third-order valence-electron chi connectivity index (χ3n) is 4.37. The fourth-order valence-corrected chi connectivity index (χ4v) is 3.14. The van der Waals surface area contributed by atoms with Gasteiger partial charge in [0.05, 0.1) is 18.5 Å². The van der Waals surface area contributed by atoms with Crippen LogP contribution in [0.4, 0.5) is 5.69 Å². The van der Waals surface area contributed by atoms with Crippen LogP contribution in [-0.2, 0) is 16.1 Å². The molecule has 0 radical (unpaired) electrons. The summed E-state index contributed by atoms with van der Waals surface area (Å²) in [5.74, 6) is 0.478. The SMILES string of the molecule is O=C(CN1C(=O)/C(=C\c2ccccc2Cl)Oc2ccccc21)NCc1ccco1. The van der Waals surface area contributed by atoms with Crippen LogP contribution < -0.4 is 15.0 Å². The molecule has 0 unspecified atom stereocenters. The molecule has 7 heteroatoms. The number of halogens is 1. The van der Waals surface area contributed by atoms with E-state index in [1.54, 1.807) is 60.7 Å². The van der Waals surface area contributed by atoms with Crippen molar-refractivity contribution in [2.75, 3.05) is 11.4 Å². The van der Waals surface area contributed by atoms with E-state index in [9.17, 15) is 9.59 Å². The molecule has 1 aliphatic heterocycles. The van der Waals surface area contributed by atoms with E-state index in [2.05, 4.69) is 5.32 Å². The minimum Gasteiger partial charge on any atom is -0.467 e. The quantitative estimate of drug-likeness (QED) is 0.647. The second-order valence-electron chi connectivity index (χ2n) is 6.35. The van der Waals surface area contributed by atoms with Gasteiger partial charge in [0.2, 0.25) is 5.91 Å². The van der Waals surface area contributed by atoms with E-state index in [4.69, 9.17) is 20.8 Å². The van der Waals surface area contributed by atoms with Crippen molar-refractivity contribution in [3.63, 3.8) is 0 Å². The minimum atomic E-state index is -0.420. The third-order valence-corrected chi connectivity index (χ3v) is 4.71. The Kier molecular flexibility index (Phi) is 5.35. The first-order valence-corrected chi connectivity index (χ1v) is 9.33. The number of ether oxygens (including phenoxy) is 1. The Morgan fingerprint density at radius 3 is 2.66 bits per heavy atom. The molecule has 29 heavy (non-hydrogen) atoms. The average Bonchev–Trinajstić information content (AvgIpc) is 3.25. The highest BCUT2D eigenvalue weighted by Gasteiger charge is 2.31. The fourth-order valence-electron chi connectivity index (χ4n) is 2.95. The van der Waals surface area contributed by atoms with Crippen LogP contribution in [0.5, 0.6) is 5.75 Å². The van der Waals surface area contributed by atoms with Gasteiger partial charge in [0.1, 0.15) is 12.3 Å². The molecule has 0 saturated heterocycles. The van der Waals surface area contributed by atoms with Crippen LogP contribution in [0.25, 0.3) is 6.08 Å². The monoisotopic (exact) mass is 408 g/mol. The molecule has 0 saturated carbocycles. The number of hydrogen-bond donors (Lipinski definition) is 1. The first kappa shape index (κ1) is 18.8. The Bertz CT molecular complexity index is 1080. The number of hydrogen-bond acceptors (Lipinski definition) is 4. The first-order valence-electron chi connectivity index (χ1n) is 8.96. The zero-order valence-electron chi connectivity index (χ0n) is 15.3. The van der Waals surface area contributed by atoms with Crippen molar-refractivity contribution in [1.29, 1.82) is 0 Å². The molecule has 1 N–H and O–H groups in total. The maximum Gasteiger partial charge on any atom is 0.294 e. The zero-order chi connectivity index (χ0) is 20.2. The van der Waals surface area contributed by atoms with Crippen molar-refractivity contribution in [3.8, 4) is 5.75 Å². The molecule has 6 nitrogen and oxygen atoms in total. The smallest absolute Gasteiger partial charge is 0.294 e. The minimum absolute atomic E-state index is 0.0932. The van der Waals surface area contributed by atoms with Gasteiger partial charge in [-0.05, 0) is 42.0 Å². The van der Waals surface area contributed by atoms with E-state index in [1.807, 2.05) is 6.07 Å². The van der Waals surface area contributed by atoms with E-state index >= 15 is 0 Å². The summed E-state index contributed by atoms with van der Waals surface area (Å²) in [4.78, 5) is 26.9. The van der Waals surface area contributed by atoms with Gasteiger partial charge in [-0.2, -0.15) is 0 Å². The highest BCUT2D eigenvalue weighted by Crippen LogP contribution is 2.35. The Morgan fingerprint density at radius 1 is 1.07 bits per heavy atom. The second-order valence-corrected chi connectivity index (χ2v) is 6.75. The summed E-state index contributed by atoms with van der Waals surface area (Å²) in [5, 5.41) is 3.25. The number of anilines is 1. The van der Waals surface area contributed by atoms with Gasteiger partial charge in [-0.15, -0.1) is 0 Å². The summed E-state index contributed by atoms with van der Waals surface area (Å²) in [6.45, 7) is 0.0914. The maximum atomic E-state index is 13.1. The van der Waals surface area contributed by atoms with Crippen LogP contribution in [-0.4, -0.2) is 18.4 Å². The summed E-state index contributed by atoms with van der Waals surface area (Å²) in [6, 6.07) is 17.7. The lowest BCUT2D eigenvalue weighted by Crippen LogP contribution is -2.44. The summed E-state index contributed by atoms with van der Waals surface area (Å²) in [6.07, 6.45) is 3.11. The molecule has 0 aliphatic carbocycles. The van der Waals surface area contributed by atoms with Crippen molar-refractivity contribution in [2.24, 2.45) is 0 Å². The molecule has 146 valence electrons. The van der Waals surface area contributed by atoms with Gasteiger partial charge in [-0.3, -0.25) is 14.5 Å². The zero-order valence-corrected chi connectivity index (χ0v) is 16.1. The van der Waals surface area contributed by atoms with Crippen molar-refractivity contribution in [3.05, 3.63) is 89.0 Å². The molecule has 0 spiro atoms. The Balaban J connectivity index is 1.59. The molecule has 3 aromatic rings. The normalized spacial score (nSPS) is 14.4. The van der Waals surface area contributed by atoms with E-state index < -0.39 is 5.91 Å². The van der Waals surface area contributed by atoms with Crippen LogP contribution in [0.1, 0.15) is 11.3 Å². The van der Waals surface area contributed by atoms with Crippen molar-refractivity contribution < 1.29 is 18.7 Å². The number of carbonyl (C=O) groups is 2. The lowest BCUT2D eigenvalue weighted by atomic mass is 10.1. The van der Waals surface area contributed by atoms with Gasteiger partial charge in [-0.1, -0.05) is 41.9 Å². The predicted octanol–water partition coefficient (Wildman–Crippen LogP) is 4.02. The predicted molar refractivity (Wildman–Crippen MR) is 109 cm³/mol. The molecule has 0 fully saturated rings. The summed E-state index contributed by atoms with van der Waals surface area (Å²) < 4.78 is 11.0. The molecule has 1 aromatic heterocycles. The molecule has 2 amide bonds. The average molecular weight is 409 g/mol. The summed E-state index contributed by atoms with van der Waals surface area (Å²) >= 11 is 6.20. The molecule has 4 rings (SSSR count). The second kappa shape index (κ2) is 8.24. The number of fused-ring (bicyclic) bond motifs is 1. The first-order chi connectivity index (χ1) is 14.1. The largest absolute Gasteiger partial charge is 0.467 e. The lowest BCUT2D eigenvalue weighted by Gasteiger charge is -2.30. The third kappa shape index (κ3) is 4.17. The van der Waals surface area contributed by atoms with Crippen molar-refractivity contribution >= 4 is 35.2 Å². The van der Waals surface area contributed by atoms with Crippen LogP contribution in [0.15, 0.2) is 77.1 Å². The maximum absolute atomic E-state index is 13.1. The fraction of sp³-hybridized carbons (Fsp3) is 0.0909. The number of carbonyl (C=O) groups excluding carboxylic acids is 2. The number of rotatable bonds is 5. The van der Waals surface area contributed by atoms with E-state index in [0.717, 1.165) is 0 Å². The number of nitrogens with one attached hydrogen (secondary N) is 1. The van der Waals surface area contributed by atoms with Crippen LogP contribution in [0.3, 0.4) is 0 Å². The van der Waals surface area contributed by atoms with Crippen LogP contribution >= 0.6 is 11.6 Å². The van der Waals surface area contributed by atoms with E-state index in [-0.39, 0.29) is 24.8 Å². The van der Waals surface area contributed by atoms with Crippen molar-refractivity contribution in [1.82, 2.24) is 5.32 Å². The standard InChI is InChI=1S/C22H17ClN2O4/c23-17-8-2-1-6-15(17)12-20-22(27)25(18-9-3-4-10-19(18)29-20)14-21(26)24-13-16-7-5-11-28-16/h1-12H,13-14H2,(H,24,26)/b20-12+. The van der Waals surface area contributed by atoms with E-state index in [1.165, 1.54) is 11.2 Å². The highest BCUT2D eigenvalue weighted by molar-refractivity contribution is 6.32. The summed E-state index contributed by atoms with van der Waals surface area (Å²) in [7, 11) is 0. The van der Waals surface area contributed by atoms with Gasteiger partial charge in [0.15, 0.2) is 11.5 Å². The Hall–Kier alpha value is -3.51. The number of amides is 2. The van der Waals surface area contributed by atoms with Gasteiger partial charge in [0.25, 0.3) is 5.91 Å². The van der Waals surface area contributed by atoms with Gasteiger partial charge in [0, 0.05) is 5.02 Å². The number of benzene rings is 2. The topological polar surface area (TPSA) is 71.8 Å². The molecule has 0 bridgehead atoms. The number of nitrogens with zero attached hydrogens (tertiary/aromatic N) is 1. The van der Waals surface area contributed by atoms with Crippen LogP contribution in [0.2, 0.25) is 5.02 Å². The molecule has 2 heterocycles.